The highest BCUT2D eigenvalue weighted by atomic mass is 15.0. The molecule has 9 rings (SSSR count). The van der Waals surface area contributed by atoms with Gasteiger partial charge in [0.25, 0.3) is 0 Å². The van der Waals surface area contributed by atoms with Crippen molar-refractivity contribution >= 4 is 44.4 Å². The Morgan fingerprint density at radius 1 is 0.556 bits per heavy atom. The highest BCUT2D eigenvalue weighted by Crippen LogP contribution is 2.44. The summed E-state index contributed by atoms with van der Waals surface area (Å²) in [5.41, 5.74) is 13.6. The molecule has 0 aliphatic heterocycles. The first kappa shape index (κ1) is 26.3. The molecule has 2 heterocycles. The van der Waals surface area contributed by atoms with Crippen LogP contribution in [0.3, 0.4) is 0 Å². The van der Waals surface area contributed by atoms with Gasteiger partial charge in [-0.05, 0) is 85.9 Å². The van der Waals surface area contributed by atoms with Crippen LogP contribution in [0.2, 0.25) is 0 Å². The van der Waals surface area contributed by atoms with Crippen LogP contribution < -0.4 is 0 Å². The van der Waals surface area contributed by atoms with Gasteiger partial charge in [-0.3, -0.25) is 0 Å². The Bertz CT molecular complexity index is 2240. The Labute approximate surface area is 264 Å². The second kappa shape index (κ2) is 10.8. The molecule has 0 saturated heterocycles. The summed E-state index contributed by atoms with van der Waals surface area (Å²) in [6.07, 6.45) is 13.9. The molecule has 7 aromatic rings. The summed E-state index contributed by atoms with van der Waals surface area (Å²) in [6.45, 7) is 0. The minimum Gasteiger partial charge on any atom is -0.312 e. The van der Waals surface area contributed by atoms with Crippen LogP contribution in [0, 0.1) is 0 Å². The fourth-order valence-electron chi connectivity index (χ4n) is 8.17. The molecule has 0 spiro atoms. The smallest absolute Gasteiger partial charge is 0.0541 e. The van der Waals surface area contributed by atoms with Crippen LogP contribution in [0.15, 0.2) is 133 Å². The van der Waals surface area contributed by atoms with Gasteiger partial charge in [0.15, 0.2) is 0 Å². The second-order valence-electron chi connectivity index (χ2n) is 12.7. The van der Waals surface area contributed by atoms with Crippen molar-refractivity contribution in [1.82, 2.24) is 9.13 Å². The van der Waals surface area contributed by atoms with Crippen LogP contribution >= 0.6 is 0 Å². The van der Waals surface area contributed by atoms with Gasteiger partial charge in [0.05, 0.1) is 22.2 Å². The quantitative estimate of drug-likeness (QED) is 0.196. The number of benzene rings is 5. The molecular formula is C43H36N2. The van der Waals surface area contributed by atoms with E-state index in [0.717, 1.165) is 32.1 Å². The lowest BCUT2D eigenvalue weighted by molar-refractivity contribution is 0.624. The predicted octanol–water partition coefficient (Wildman–Crippen LogP) is 11.4. The van der Waals surface area contributed by atoms with E-state index in [1.54, 1.807) is 0 Å². The summed E-state index contributed by atoms with van der Waals surface area (Å²) in [5.74, 6) is 0.440. The summed E-state index contributed by atoms with van der Waals surface area (Å²) in [5, 5.41) is 3.99. The van der Waals surface area contributed by atoms with E-state index in [2.05, 4.69) is 149 Å². The average Bonchev–Trinajstić information content (AvgIpc) is 3.48. The van der Waals surface area contributed by atoms with E-state index >= 15 is 0 Å². The molecule has 2 heteroatoms. The highest BCUT2D eigenvalue weighted by Gasteiger charge is 2.26. The number of hydrogen-bond donors (Lipinski definition) is 0. The third-order valence-electron chi connectivity index (χ3n) is 10.1. The Kier molecular flexibility index (Phi) is 6.33. The molecule has 0 saturated carbocycles. The van der Waals surface area contributed by atoms with Gasteiger partial charge in [0.2, 0.25) is 0 Å². The number of aromatic nitrogens is 2. The van der Waals surface area contributed by atoms with Gasteiger partial charge in [0, 0.05) is 38.7 Å². The topological polar surface area (TPSA) is 9.86 Å². The molecule has 2 aliphatic rings. The van der Waals surface area contributed by atoms with Gasteiger partial charge in [-0.15, -0.1) is 0 Å². The van der Waals surface area contributed by atoms with Crippen molar-refractivity contribution in [3.05, 3.63) is 156 Å². The summed E-state index contributed by atoms with van der Waals surface area (Å²) < 4.78 is 5.08. The van der Waals surface area contributed by atoms with E-state index in [0.29, 0.717) is 5.92 Å². The Balaban J connectivity index is 1.16. The van der Waals surface area contributed by atoms with Crippen molar-refractivity contribution in [2.75, 3.05) is 0 Å². The monoisotopic (exact) mass is 580 g/mol. The summed E-state index contributed by atoms with van der Waals surface area (Å²) >= 11 is 0. The molecule has 218 valence electrons. The van der Waals surface area contributed by atoms with Gasteiger partial charge < -0.3 is 9.13 Å². The molecule has 1 unspecified atom stereocenters. The van der Waals surface area contributed by atoms with Crippen LogP contribution in [-0.2, 0) is 6.42 Å². The molecule has 5 aromatic carbocycles. The van der Waals surface area contributed by atoms with Crippen molar-refractivity contribution in [1.29, 1.82) is 0 Å². The van der Waals surface area contributed by atoms with E-state index in [-0.39, 0.29) is 0 Å². The second-order valence-corrected chi connectivity index (χ2v) is 12.7. The van der Waals surface area contributed by atoms with E-state index in [1.165, 1.54) is 78.5 Å². The normalized spacial score (nSPS) is 16.6. The molecule has 45 heavy (non-hydrogen) atoms. The molecule has 2 aromatic heterocycles. The standard InChI is InChI=1S/C43H36N2/c1-2-19-34-35-20-6-11-26-41(35)44(40(34)23-3-1)38-24-9-4-17-32(38)30-15-14-16-31(29-30)33-18-5-10-25-39(33)45-42-27-12-7-21-36(42)37-22-8-13-28-43(37)45/h2,4-13,15,17-22,24-28,31H,1,3,14,16,23,29H2. The molecule has 2 aliphatic carbocycles. The molecule has 1 atom stereocenters. The van der Waals surface area contributed by atoms with Gasteiger partial charge in [-0.2, -0.15) is 0 Å². The minimum absolute atomic E-state index is 0.440. The van der Waals surface area contributed by atoms with Gasteiger partial charge in [-0.25, -0.2) is 0 Å². The molecule has 0 radical (unpaired) electrons. The third-order valence-corrected chi connectivity index (χ3v) is 10.1. The number of hydrogen-bond acceptors (Lipinski definition) is 0. The summed E-state index contributed by atoms with van der Waals surface area (Å²) in [6, 6.07) is 44.9. The van der Waals surface area contributed by atoms with Crippen LogP contribution in [0.5, 0.6) is 0 Å². The molecule has 2 nitrogen and oxygen atoms in total. The van der Waals surface area contributed by atoms with Gasteiger partial charge >= 0.3 is 0 Å². The number of nitrogens with zero attached hydrogens (tertiary/aromatic N) is 2. The maximum atomic E-state index is 2.58. The van der Waals surface area contributed by atoms with Crippen molar-refractivity contribution in [2.24, 2.45) is 0 Å². The van der Waals surface area contributed by atoms with Gasteiger partial charge in [0.1, 0.15) is 0 Å². The SMILES string of the molecule is C1=Cc2c(n(-c3ccccc3C3=CCCC(c4ccccc4-n4c5ccccc5c5ccccc54)C3)c3ccccc23)CCC1. The highest BCUT2D eigenvalue weighted by molar-refractivity contribution is 6.09. The zero-order chi connectivity index (χ0) is 29.7. The molecule has 0 N–H and O–H groups in total. The number of para-hydroxylation sites is 5. The lowest BCUT2D eigenvalue weighted by Crippen LogP contribution is -2.11. The van der Waals surface area contributed by atoms with E-state index in [1.807, 2.05) is 0 Å². The van der Waals surface area contributed by atoms with Crippen molar-refractivity contribution < 1.29 is 0 Å². The summed E-state index contributed by atoms with van der Waals surface area (Å²) in [7, 11) is 0. The Morgan fingerprint density at radius 2 is 1.18 bits per heavy atom. The van der Waals surface area contributed by atoms with E-state index in [9.17, 15) is 0 Å². The van der Waals surface area contributed by atoms with Crippen molar-refractivity contribution in [3.63, 3.8) is 0 Å². The molecular weight excluding hydrogens is 544 g/mol. The number of fused-ring (bicyclic) bond motifs is 6. The Hall–Kier alpha value is -5.08. The molecule has 0 fully saturated rings. The minimum atomic E-state index is 0.440. The largest absolute Gasteiger partial charge is 0.312 e. The lowest BCUT2D eigenvalue weighted by Gasteiger charge is -2.27. The van der Waals surface area contributed by atoms with E-state index in [4.69, 9.17) is 0 Å². The van der Waals surface area contributed by atoms with Gasteiger partial charge in [-0.1, -0.05) is 109 Å². The zero-order valence-electron chi connectivity index (χ0n) is 25.5. The third kappa shape index (κ3) is 4.24. The van der Waals surface area contributed by atoms with E-state index < -0.39 is 0 Å². The zero-order valence-corrected chi connectivity index (χ0v) is 25.5. The maximum Gasteiger partial charge on any atom is 0.0541 e. The summed E-state index contributed by atoms with van der Waals surface area (Å²) in [4.78, 5) is 0. The average molecular weight is 581 g/mol. The fraction of sp³-hybridized carbons (Fsp3) is 0.163. The molecule has 0 bridgehead atoms. The van der Waals surface area contributed by atoms with Crippen LogP contribution in [0.4, 0.5) is 0 Å². The first-order valence-electron chi connectivity index (χ1n) is 16.5. The molecule has 0 amide bonds. The fourth-order valence-corrected chi connectivity index (χ4v) is 8.17. The number of rotatable bonds is 4. The first-order valence-corrected chi connectivity index (χ1v) is 16.5. The van der Waals surface area contributed by atoms with Crippen molar-refractivity contribution in [2.45, 2.75) is 44.4 Å². The lowest BCUT2D eigenvalue weighted by atomic mass is 9.80. The predicted molar refractivity (Wildman–Crippen MR) is 191 cm³/mol. The van der Waals surface area contributed by atoms with Crippen molar-refractivity contribution in [3.8, 4) is 11.4 Å². The Morgan fingerprint density at radius 3 is 1.96 bits per heavy atom. The van der Waals surface area contributed by atoms with Crippen LogP contribution in [0.1, 0.15) is 60.4 Å². The van der Waals surface area contributed by atoms with Crippen LogP contribution in [-0.4, -0.2) is 9.13 Å². The maximum absolute atomic E-state index is 2.58. The van der Waals surface area contributed by atoms with Crippen LogP contribution in [0.25, 0.3) is 55.7 Å². The first-order chi connectivity index (χ1) is 22.4. The number of allylic oxidation sites excluding steroid dienone is 3.